The van der Waals surface area contributed by atoms with Crippen molar-refractivity contribution in [3.63, 3.8) is 0 Å². The molecule has 0 bridgehead atoms. The number of hydrogen-bond donors (Lipinski definition) is 1. The van der Waals surface area contributed by atoms with Crippen molar-refractivity contribution in [2.24, 2.45) is 0 Å². The van der Waals surface area contributed by atoms with Crippen molar-refractivity contribution in [2.75, 3.05) is 5.32 Å². The second-order valence-corrected chi connectivity index (χ2v) is 3.80. The summed E-state index contributed by atoms with van der Waals surface area (Å²) in [5.74, 6) is 0.729. The van der Waals surface area contributed by atoms with Crippen LogP contribution in [-0.4, -0.2) is 25.1 Å². The van der Waals surface area contributed by atoms with Gasteiger partial charge in [0, 0.05) is 0 Å². The zero-order valence-corrected chi connectivity index (χ0v) is 9.83. The smallest absolute Gasteiger partial charge is 0.248 e. The molecular weight excluding hydrogens is 252 g/mol. The molecule has 1 N–H and O–H groups in total. The molecule has 0 atom stereocenters. The van der Waals surface area contributed by atoms with Crippen molar-refractivity contribution >= 4 is 34.4 Å². The summed E-state index contributed by atoms with van der Waals surface area (Å²) in [4.78, 5) is 12.6. The molecule has 1 aromatic carbocycles. The first-order chi connectivity index (χ1) is 8.83. The first-order valence-electron chi connectivity index (χ1n) is 5.16. The van der Waals surface area contributed by atoms with Gasteiger partial charge < -0.3 is 5.32 Å². The van der Waals surface area contributed by atoms with Crippen LogP contribution in [0, 0.1) is 0 Å². The Balaban J connectivity index is 2.04. The minimum Gasteiger partial charge on any atom is -0.305 e. The molecule has 0 saturated carbocycles. The van der Waals surface area contributed by atoms with Crippen molar-refractivity contribution < 1.29 is 0 Å². The van der Waals surface area contributed by atoms with Gasteiger partial charge in [0.15, 0.2) is 11.0 Å². The van der Waals surface area contributed by atoms with Gasteiger partial charge in [-0.25, -0.2) is 15.0 Å². The Morgan fingerprint density at radius 1 is 1.00 bits per heavy atom. The third kappa shape index (κ3) is 2.05. The summed E-state index contributed by atoms with van der Waals surface area (Å²) in [7, 11) is 0. The van der Waals surface area contributed by atoms with Crippen LogP contribution in [-0.2, 0) is 0 Å². The predicted molar refractivity (Wildman–Crippen MR) is 67.7 cm³/mol. The fourth-order valence-corrected chi connectivity index (χ4v) is 1.65. The maximum absolute atomic E-state index is 6.04. The van der Waals surface area contributed by atoms with Gasteiger partial charge in [-0.1, -0.05) is 23.7 Å². The van der Waals surface area contributed by atoms with Crippen LogP contribution in [0.1, 0.15) is 0 Å². The summed E-state index contributed by atoms with van der Waals surface area (Å²) in [5.41, 5.74) is 1.48. The number of para-hydroxylation sites is 2. The van der Waals surface area contributed by atoms with Gasteiger partial charge in [0.1, 0.15) is 0 Å². The van der Waals surface area contributed by atoms with Gasteiger partial charge in [-0.3, -0.25) is 0 Å². The Hall–Kier alpha value is -2.34. The number of nitrogens with zero attached hydrogens (tertiary/aromatic N) is 5. The predicted octanol–water partition coefficient (Wildman–Crippen LogP) is 2.21. The van der Waals surface area contributed by atoms with Crippen molar-refractivity contribution in [3.05, 3.63) is 41.8 Å². The molecule has 88 valence electrons. The highest BCUT2D eigenvalue weighted by Gasteiger charge is 2.07. The van der Waals surface area contributed by atoms with Crippen molar-refractivity contribution in [1.82, 2.24) is 25.1 Å². The molecule has 3 rings (SSSR count). The zero-order chi connectivity index (χ0) is 12.4. The van der Waals surface area contributed by atoms with E-state index in [2.05, 4.69) is 30.5 Å². The lowest BCUT2D eigenvalue weighted by molar-refractivity contribution is 0.975. The first-order valence-corrected chi connectivity index (χ1v) is 5.54. The molecule has 0 aliphatic heterocycles. The molecule has 0 amide bonds. The molecule has 0 saturated heterocycles. The maximum Gasteiger partial charge on any atom is 0.248 e. The summed E-state index contributed by atoms with van der Waals surface area (Å²) in [6.07, 6.45) is 3.01. The summed E-state index contributed by atoms with van der Waals surface area (Å²) in [6.45, 7) is 0. The number of aromatic nitrogens is 5. The van der Waals surface area contributed by atoms with Crippen LogP contribution in [0.3, 0.4) is 0 Å². The second-order valence-electron chi connectivity index (χ2n) is 3.44. The molecule has 0 unspecified atom stereocenters. The molecule has 2 aromatic heterocycles. The highest BCUT2D eigenvalue weighted by atomic mass is 35.5. The lowest BCUT2D eigenvalue weighted by atomic mass is 10.3. The van der Waals surface area contributed by atoms with E-state index >= 15 is 0 Å². The minimum atomic E-state index is 0.265. The number of benzene rings is 1. The van der Waals surface area contributed by atoms with Gasteiger partial charge in [0.2, 0.25) is 5.95 Å². The Morgan fingerprint density at radius 3 is 2.50 bits per heavy atom. The molecule has 0 radical (unpaired) electrons. The highest BCUT2D eigenvalue weighted by Crippen LogP contribution is 2.22. The number of anilines is 2. The average molecular weight is 259 g/mol. The molecule has 3 aromatic rings. The minimum absolute atomic E-state index is 0.265. The molecule has 18 heavy (non-hydrogen) atoms. The monoisotopic (exact) mass is 258 g/mol. The van der Waals surface area contributed by atoms with Crippen LogP contribution in [0.4, 0.5) is 11.8 Å². The number of hydrogen-bond acceptors (Lipinski definition) is 6. The summed E-state index contributed by atoms with van der Waals surface area (Å²) in [5, 5.41) is 10.6. The largest absolute Gasteiger partial charge is 0.305 e. The Bertz CT molecular complexity index is 687. The first kappa shape index (κ1) is 10.8. The van der Waals surface area contributed by atoms with E-state index < -0.39 is 0 Å². The van der Waals surface area contributed by atoms with Crippen LogP contribution in [0.2, 0.25) is 5.15 Å². The summed E-state index contributed by atoms with van der Waals surface area (Å²) < 4.78 is 0. The summed E-state index contributed by atoms with van der Waals surface area (Å²) in [6, 6.07) is 7.46. The molecular formula is C11H7ClN6. The molecule has 2 heterocycles. The SMILES string of the molecule is Clc1nc2ccccc2nc1Nc1nccnn1. The van der Waals surface area contributed by atoms with E-state index in [1.54, 1.807) is 0 Å². The van der Waals surface area contributed by atoms with Crippen LogP contribution in [0.5, 0.6) is 0 Å². The zero-order valence-electron chi connectivity index (χ0n) is 9.08. The average Bonchev–Trinajstić information content (AvgIpc) is 2.41. The maximum atomic E-state index is 6.04. The quantitative estimate of drug-likeness (QED) is 0.759. The standard InChI is InChI=1S/C11H7ClN6/c12-9-10(17-11-13-5-6-14-18-11)16-8-4-2-1-3-7(8)15-9/h1-6H,(H,13,16,17,18). The van der Waals surface area contributed by atoms with Gasteiger partial charge >= 0.3 is 0 Å². The molecule has 0 spiro atoms. The number of fused-ring (bicyclic) bond motifs is 1. The topological polar surface area (TPSA) is 76.5 Å². The van der Waals surface area contributed by atoms with Crippen LogP contribution in [0.15, 0.2) is 36.7 Å². The second kappa shape index (κ2) is 4.50. The molecule has 0 aliphatic rings. The van der Waals surface area contributed by atoms with E-state index in [9.17, 15) is 0 Å². The van der Waals surface area contributed by atoms with Crippen LogP contribution in [0.25, 0.3) is 11.0 Å². The number of halogens is 1. The molecule has 6 nitrogen and oxygen atoms in total. The van der Waals surface area contributed by atoms with E-state index in [1.165, 1.54) is 12.4 Å². The van der Waals surface area contributed by atoms with Crippen LogP contribution >= 0.6 is 11.6 Å². The van der Waals surface area contributed by atoms with E-state index in [-0.39, 0.29) is 5.15 Å². The van der Waals surface area contributed by atoms with E-state index in [0.29, 0.717) is 11.8 Å². The fourth-order valence-electron chi connectivity index (χ4n) is 1.47. The van der Waals surface area contributed by atoms with Gasteiger partial charge in [0.25, 0.3) is 0 Å². The lowest BCUT2D eigenvalue weighted by Crippen LogP contribution is -2.01. The Morgan fingerprint density at radius 2 is 1.78 bits per heavy atom. The van der Waals surface area contributed by atoms with Gasteiger partial charge in [-0.2, -0.15) is 5.10 Å². The van der Waals surface area contributed by atoms with E-state index in [0.717, 1.165) is 11.0 Å². The molecule has 0 aliphatic carbocycles. The number of rotatable bonds is 2. The Labute approximate surface area is 107 Å². The van der Waals surface area contributed by atoms with Crippen molar-refractivity contribution in [1.29, 1.82) is 0 Å². The van der Waals surface area contributed by atoms with E-state index in [4.69, 9.17) is 11.6 Å². The fraction of sp³-hybridized carbons (Fsp3) is 0. The molecule has 0 fully saturated rings. The third-order valence-corrected chi connectivity index (χ3v) is 2.50. The van der Waals surface area contributed by atoms with Gasteiger partial charge in [-0.15, -0.1) is 5.10 Å². The highest BCUT2D eigenvalue weighted by molar-refractivity contribution is 6.32. The van der Waals surface area contributed by atoms with Crippen molar-refractivity contribution in [3.8, 4) is 0 Å². The normalized spacial score (nSPS) is 10.5. The van der Waals surface area contributed by atoms with Crippen molar-refractivity contribution in [2.45, 2.75) is 0 Å². The van der Waals surface area contributed by atoms with Gasteiger partial charge in [0.05, 0.1) is 23.4 Å². The Kier molecular flexibility index (Phi) is 2.70. The third-order valence-electron chi connectivity index (χ3n) is 2.24. The lowest BCUT2D eigenvalue weighted by Gasteiger charge is -2.05. The molecule has 7 heteroatoms. The summed E-state index contributed by atoms with van der Waals surface area (Å²) >= 11 is 6.04. The number of nitrogens with one attached hydrogen (secondary N) is 1. The van der Waals surface area contributed by atoms with E-state index in [1.807, 2.05) is 24.3 Å². The van der Waals surface area contributed by atoms with Crippen LogP contribution < -0.4 is 5.32 Å². The van der Waals surface area contributed by atoms with Gasteiger partial charge in [-0.05, 0) is 12.1 Å².